The van der Waals surface area contributed by atoms with Crippen molar-refractivity contribution in [2.24, 2.45) is 11.3 Å². The summed E-state index contributed by atoms with van der Waals surface area (Å²) in [7, 11) is 0. The zero-order valence-electron chi connectivity index (χ0n) is 13.1. The van der Waals surface area contributed by atoms with Crippen LogP contribution in [-0.2, 0) is 0 Å². The maximum absolute atomic E-state index is 3.50. The molecule has 18 heavy (non-hydrogen) atoms. The average molecular weight is 254 g/mol. The van der Waals surface area contributed by atoms with Gasteiger partial charge < -0.3 is 10.2 Å². The topological polar surface area (TPSA) is 15.3 Å². The van der Waals surface area contributed by atoms with Crippen LogP contribution < -0.4 is 5.32 Å². The summed E-state index contributed by atoms with van der Waals surface area (Å²) in [6.07, 6.45) is 7.08. The fraction of sp³-hybridized carbons (Fsp3) is 1.00. The standard InChI is InChI=1S/C16H34N2/c1-5-8-15-9-7-11-18(12-10-15)14-16(3,4)13-17-6-2/h15,17H,5-14H2,1-4H3. The van der Waals surface area contributed by atoms with E-state index >= 15 is 0 Å². The van der Waals surface area contributed by atoms with Crippen molar-refractivity contribution in [2.45, 2.75) is 59.8 Å². The number of likely N-dealkylation sites (tertiary alicyclic amines) is 1. The Labute approximate surface area is 115 Å². The smallest absolute Gasteiger partial charge is 0.00448 e. The number of nitrogens with zero attached hydrogens (tertiary/aromatic N) is 1. The minimum absolute atomic E-state index is 0.403. The van der Waals surface area contributed by atoms with Gasteiger partial charge in [0.1, 0.15) is 0 Å². The van der Waals surface area contributed by atoms with Crippen LogP contribution >= 0.6 is 0 Å². The monoisotopic (exact) mass is 254 g/mol. The lowest BCUT2D eigenvalue weighted by Gasteiger charge is -2.32. The van der Waals surface area contributed by atoms with Crippen LogP contribution in [0.4, 0.5) is 0 Å². The second-order valence-corrected chi connectivity index (χ2v) is 6.81. The van der Waals surface area contributed by atoms with Gasteiger partial charge in [-0.3, -0.25) is 0 Å². The quantitative estimate of drug-likeness (QED) is 0.748. The molecule has 1 N–H and O–H groups in total. The van der Waals surface area contributed by atoms with Crippen molar-refractivity contribution in [3.63, 3.8) is 0 Å². The molecule has 0 aromatic rings. The van der Waals surface area contributed by atoms with Crippen molar-refractivity contribution in [1.29, 1.82) is 0 Å². The van der Waals surface area contributed by atoms with Crippen LogP contribution in [0.25, 0.3) is 0 Å². The lowest BCUT2D eigenvalue weighted by molar-refractivity contribution is 0.178. The first-order valence-corrected chi connectivity index (χ1v) is 8.00. The van der Waals surface area contributed by atoms with E-state index in [2.05, 4.69) is 37.9 Å². The molecule has 0 bridgehead atoms. The van der Waals surface area contributed by atoms with E-state index in [1.54, 1.807) is 0 Å². The first-order valence-electron chi connectivity index (χ1n) is 8.00. The Morgan fingerprint density at radius 1 is 1.17 bits per heavy atom. The molecule has 1 saturated heterocycles. The van der Waals surface area contributed by atoms with Gasteiger partial charge in [-0.25, -0.2) is 0 Å². The summed E-state index contributed by atoms with van der Waals surface area (Å²) in [5.41, 5.74) is 0.403. The highest BCUT2D eigenvalue weighted by Crippen LogP contribution is 2.24. The molecule has 0 aromatic heterocycles. The van der Waals surface area contributed by atoms with Crippen LogP contribution in [0.15, 0.2) is 0 Å². The first-order chi connectivity index (χ1) is 8.57. The van der Waals surface area contributed by atoms with E-state index in [1.807, 2.05) is 0 Å². The van der Waals surface area contributed by atoms with Gasteiger partial charge in [0, 0.05) is 13.1 Å². The first kappa shape index (κ1) is 16.0. The molecule has 1 atom stereocenters. The molecule has 1 unspecified atom stereocenters. The van der Waals surface area contributed by atoms with Crippen molar-refractivity contribution >= 4 is 0 Å². The lowest BCUT2D eigenvalue weighted by Crippen LogP contribution is -2.41. The highest BCUT2D eigenvalue weighted by Gasteiger charge is 2.23. The molecular formula is C16H34N2. The molecule has 1 rings (SSSR count). The molecule has 0 radical (unpaired) electrons. The molecule has 1 fully saturated rings. The molecule has 0 spiro atoms. The summed E-state index contributed by atoms with van der Waals surface area (Å²) < 4.78 is 0. The van der Waals surface area contributed by atoms with Crippen LogP contribution in [0.1, 0.15) is 59.8 Å². The highest BCUT2D eigenvalue weighted by atomic mass is 15.1. The molecule has 1 aliphatic heterocycles. The summed E-state index contributed by atoms with van der Waals surface area (Å²) in [5, 5.41) is 3.50. The zero-order chi connectivity index (χ0) is 13.4. The summed E-state index contributed by atoms with van der Waals surface area (Å²) in [6, 6.07) is 0. The number of nitrogens with one attached hydrogen (secondary N) is 1. The Morgan fingerprint density at radius 3 is 2.61 bits per heavy atom. The second kappa shape index (κ2) is 8.16. The maximum Gasteiger partial charge on any atom is 0.00448 e. The van der Waals surface area contributed by atoms with Crippen LogP contribution in [-0.4, -0.2) is 37.6 Å². The van der Waals surface area contributed by atoms with Crippen LogP contribution in [0.3, 0.4) is 0 Å². The van der Waals surface area contributed by atoms with E-state index in [9.17, 15) is 0 Å². The van der Waals surface area contributed by atoms with Crippen molar-refractivity contribution < 1.29 is 0 Å². The summed E-state index contributed by atoms with van der Waals surface area (Å²) in [6.45, 7) is 15.4. The van der Waals surface area contributed by atoms with E-state index in [0.29, 0.717) is 5.41 Å². The third kappa shape index (κ3) is 6.19. The van der Waals surface area contributed by atoms with Gasteiger partial charge in [0.2, 0.25) is 0 Å². The molecule has 1 aliphatic rings. The van der Waals surface area contributed by atoms with Crippen molar-refractivity contribution in [1.82, 2.24) is 10.2 Å². The van der Waals surface area contributed by atoms with Crippen LogP contribution in [0.2, 0.25) is 0 Å². The van der Waals surface area contributed by atoms with Gasteiger partial charge in [0.15, 0.2) is 0 Å². The minimum Gasteiger partial charge on any atom is -0.316 e. The normalized spacial score (nSPS) is 23.0. The second-order valence-electron chi connectivity index (χ2n) is 6.81. The number of rotatable bonds is 7. The molecular weight excluding hydrogens is 220 g/mol. The minimum atomic E-state index is 0.403. The summed E-state index contributed by atoms with van der Waals surface area (Å²) >= 11 is 0. The van der Waals surface area contributed by atoms with Gasteiger partial charge in [0.25, 0.3) is 0 Å². The van der Waals surface area contributed by atoms with Gasteiger partial charge in [-0.15, -0.1) is 0 Å². The van der Waals surface area contributed by atoms with Crippen molar-refractivity contribution in [3.05, 3.63) is 0 Å². The van der Waals surface area contributed by atoms with Gasteiger partial charge in [-0.2, -0.15) is 0 Å². The molecule has 0 amide bonds. The molecule has 0 aromatic carbocycles. The number of hydrogen-bond acceptors (Lipinski definition) is 2. The van der Waals surface area contributed by atoms with E-state index in [4.69, 9.17) is 0 Å². The third-order valence-electron chi connectivity index (χ3n) is 4.14. The zero-order valence-corrected chi connectivity index (χ0v) is 13.1. The van der Waals surface area contributed by atoms with Gasteiger partial charge in [-0.1, -0.05) is 40.5 Å². The van der Waals surface area contributed by atoms with E-state index in [-0.39, 0.29) is 0 Å². The van der Waals surface area contributed by atoms with Crippen LogP contribution in [0.5, 0.6) is 0 Å². The van der Waals surface area contributed by atoms with Crippen molar-refractivity contribution in [2.75, 3.05) is 32.7 Å². The Hall–Kier alpha value is -0.0800. The van der Waals surface area contributed by atoms with Gasteiger partial charge in [0.05, 0.1) is 0 Å². The van der Waals surface area contributed by atoms with Crippen LogP contribution in [0, 0.1) is 11.3 Å². The molecule has 1 heterocycles. The number of hydrogen-bond donors (Lipinski definition) is 1. The van der Waals surface area contributed by atoms with Gasteiger partial charge >= 0.3 is 0 Å². The lowest BCUT2D eigenvalue weighted by atomic mass is 9.92. The maximum atomic E-state index is 3.50. The Balaban J connectivity index is 2.34. The predicted molar refractivity (Wildman–Crippen MR) is 81.0 cm³/mol. The predicted octanol–water partition coefficient (Wildman–Crippen LogP) is 3.52. The van der Waals surface area contributed by atoms with Gasteiger partial charge in [-0.05, 0) is 50.2 Å². The molecule has 0 saturated carbocycles. The fourth-order valence-corrected chi connectivity index (χ4v) is 3.20. The third-order valence-corrected chi connectivity index (χ3v) is 4.14. The summed E-state index contributed by atoms with van der Waals surface area (Å²) in [4.78, 5) is 2.70. The van der Waals surface area contributed by atoms with E-state index in [1.165, 1.54) is 51.7 Å². The Morgan fingerprint density at radius 2 is 1.94 bits per heavy atom. The highest BCUT2D eigenvalue weighted by molar-refractivity contribution is 4.78. The van der Waals surface area contributed by atoms with Crippen molar-refractivity contribution in [3.8, 4) is 0 Å². The molecule has 108 valence electrons. The Bertz CT molecular complexity index is 213. The van der Waals surface area contributed by atoms with E-state index < -0.39 is 0 Å². The molecule has 2 heteroatoms. The Kier molecular flexibility index (Phi) is 7.25. The molecule has 2 nitrogen and oxygen atoms in total. The summed E-state index contributed by atoms with van der Waals surface area (Å²) in [5.74, 6) is 0.997. The molecule has 0 aliphatic carbocycles. The fourth-order valence-electron chi connectivity index (χ4n) is 3.20. The largest absolute Gasteiger partial charge is 0.316 e. The average Bonchev–Trinajstić information content (AvgIpc) is 2.53. The van der Waals surface area contributed by atoms with E-state index in [0.717, 1.165) is 19.0 Å². The SMILES string of the molecule is CCCC1CCCN(CC(C)(C)CNCC)CC1.